The predicted octanol–water partition coefficient (Wildman–Crippen LogP) is 4.38. The van der Waals surface area contributed by atoms with Crippen LogP contribution in [-0.2, 0) is 4.79 Å². The van der Waals surface area contributed by atoms with Crippen molar-refractivity contribution in [2.75, 3.05) is 6.54 Å². The van der Waals surface area contributed by atoms with E-state index in [2.05, 4.69) is 16.0 Å². The minimum Gasteiger partial charge on any atom is -0.345 e. The molecule has 1 fully saturated rings. The molecule has 5 heteroatoms. The average molecular weight is 442 g/mol. The van der Waals surface area contributed by atoms with Gasteiger partial charge in [0.05, 0.1) is 18.1 Å². The summed E-state index contributed by atoms with van der Waals surface area (Å²) in [5, 5.41) is 9.73. The summed E-state index contributed by atoms with van der Waals surface area (Å²) in [4.78, 5) is 26.5. The summed E-state index contributed by atoms with van der Waals surface area (Å²) in [6.07, 6.45) is 1.80. The number of hydrogen-bond donors (Lipinski definition) is 3. The van der Waals surface area contributed by atoms with Gasteiger partial charge in [-0.05, 0) is 56.5 Å². The monoisotopic (exact) mass is 441 g/mol. The molecule has 170 valence electrons. The molecule has 1 heterocycles. The van der Waals surface area contributed by atoms with Crippen molar-refractivity contribution in [1.82, 2.24) is 16.0 Å². The SMILES string of the molecule is Cc1cc(C)cc(C(=O)N[C@H](c2ccccc2)[C@H](NC(=O)[C@@H]2CCCN2)c2ccccc2)c1. The van der Waals surface area contributed by atoms with Crippen LogP contribution in [0, 0.1) is 13.8 Å². The molecule has 2 amide bonds. The van der Waals surface area contributed by atoms with E-state index in [0.717, 1.165) is 41.6 Å². The second kappa shape index (κ2) is 10.5. The number of carbonyl (C=O) groups excluding carboxylic acids is 2. The van der Waals surface area contributed by atoms with Crippen LogP contribution in [0.1, 0.15) is 57.5 Å². The first-order valence-corrected chi connectivity index (χ1v) is 11.5. The molecular formula is C28H31N3O2. The molecule has 0 aromatic heterocycles. The first-order chi connectivity index (χ1) is 16.0. The molecule has 1 saturated heterocycles. The number of hydrogen-bond acceptors (Lipinski definition) is 3. The van der Waals surface area contributed by atoms with Crippen molar-refractivity contribution >= 4 is 11.8 Å². The minimum atomic E-state index is -0.438. The van der Waals surface area contributed by atoms with Crippen molar-refractivity contribution in [1.29, 1.82) is 0 Å². The molecule has 3 N–H and O–H groups in total. The van der Waals surface area contributed by atoms with Crippen molar-refractivity contribution < 1.29 is 9.59 Å². The number of rotatable bonds is 7. The van der Waals surface area contributed by atoms with Crippen LogP contribution in [0.3, 0.4) is 0 Å². The van der Waals surface area contributed by atoms with E-state index in [4.69, 9.17) is 0 Å². The van der Waals surface area contributed by atoms with Gasteiger partial charge in [0.2, 0.25) is 5.91 Å². The lowest BCUT2D eigenvalue weighted by Crippen LogP contribution is -2.46. The summed E-state index contributed by atoms with van der Waals surface area (Å²) in [6, 6.07) is 24.4. The fraction of sp³-hybridized carbons (Fsp3) is 0.286. The largest absolute Gasteiger partial charge is 0.345 e. The maximum absolute atomic E-state index is 13.4. The molecule has 3 atom stereocenters. The lowest BCUT2D eigenvalue weighted by molar-refractivity contribution is -0.123. The van der Waals surface area contributed by atoms with Gasteiger partial charge in [-0.1, -0.05) is 77.9 Å². The number of carbonyl (C=O) groups is 2. The molecule has 1 aliphatic heterocycles. The van der Waals surface area contributed by atoms with Crippen LogP contribution in [-0.4, -0.2) is 24.4 Å². The van der Waals surface area contributed by atoms with Crippen LogP contribution >= 0.6 is 0 Å². The molecule has 0 saturated carbocycles. The van der Waals surface area contributed by atoms with Gasteiger partial charge < -0.3 is 16.0 Å². The van der Waals surface area contributed by atoms with Gasteiger partial charge in [0.1, 0.15) is 0 Å². The molecular weight excluding hydrogens is 410 g/mol. The Bertz CT molecular complexity index is 1070. The van der Waals surface area contributed by atoms with Crippen LogP contribution in [0.2, 0.25) is 0 Å². The maximum Gasteiger partial charge on any atom is 0.251 e. The zero-order valence-electron chi connectivity index (χ0n) is 19.2. The summed E-state index contributed by atoms with van der Waals surface area (Å²) in [6.45, 7) is 4.82. The van der Waals surface area contributed by atoms with Gasteiger partial charge >= 0.3 is 0 Å². The van der Waals surface area contributed by atoms with Gasteiger partial charge in [-0.2, -0.15) is 0 Å². The normalized spacial score (nSPS) is 17.2. The minimum absolute atomic E-state index is 0.0390. The van der Waals surface area contributed by atoms with E-state index >= 15 is 0 Å². The Morgan fingerprint density at radius 2 is 1.36 bits per heavy atom. The third-order valence-corrected chi connectivity index (χ3v) is 6.10. The van der Waals surface area contributed by atoms with Gasteiger partial charge in [0.25, 0.3) is 5.91 Å². The van der Waals surface area contributed by atoms with Gasteiger partial charge in [-0.25, -0.2) is 0 Å². The van der Waals surface area contributed by atoms with Gasteiger partial charge in [-0.15, -0.1) is 0 Å². The summed E-state index contributed by atoms with van der Waals surface area (Å²) in [7, 11) is 0. The van der Waals surface area contributed by atoms with Crippen molar-refractivity contribution in [2.24, 2.45) is 0 Å². The average Bonchev–Trinajstić information content (AvgIpc) is 3.37. The predicted molar refractivity (Wildman–Crippen MR) is 131 cm³/mol. The zero-order chi connectivity index (χ0) is 23.2. The van der Waals surface area contributed by atoms with E-state index in [1.165, 1.54) is 0 Å². The molecule has 5 nitrogen and oxygen atoms in total. The third-order valence-electron chi connectivity index (χ3n) is 6.10. The highest BCUT2D eigenvalue weighted by Gasteiger charge is 2.31. The molecule has 4 rings (SSSR count). The number of amides is 2. The molecule has 33 heavy (non-hydrogen) atoms. The Hall–Kier alpha value is -3.44. The van der Waals surface area contributed by atoms with Gasteiger partial charge in [-0.3, -0.25) is 9.59 Å². The molecule has 0 bridgehead atoms. The highest BCUT2D eigenvalue weighted by atomic mass is 16.2. The van der Waals surface area contributed by atoms with Crippen LogP contribution in [0.4, 0.5) is 0 Å². The number of benzene rings is 3. The second-order valence-corrected chi connectivity index (χ2v) is 8.78. The summed E-state index contributed by atoms with van der Waals surface area (Å²) < 4.78 is 0. The second-order valence-electron chi connectivity index (χ2n) is 8.78. The highest BCUT2D eigenvalue weighted by Crippen LogP contribution is 2.30. The summed E-state index contributed by atoms with van der Waals surface area (Å²) in [5.41, 5.74) is 4.57. The Balaban J connectivity index is 1.70. The van der Waals surface area contributed by atoms with Crippen LogP contribution in [0.5, 0.6) is 0 Å². The topological polar surface area (TPSA) is 70.2 Å². The van der Waals surface area contributed by atoms with Crippen LogP contribution in [0.15, 0.2) is 78.9 Å². The maximum atomic E-state index is 13.4. The van der Waals surface area contributed by atoms with E-state index in [-0.39, 0.29) is 17.9 Å². The fourth-order valence-corrected chi connectivity index (χ4v) is 4.53. The van der Waals surface area contributed by atoms with Crippen LogP contribution in [0.25, 0.3) is 0 Å². The molecule has 1 aliphatic rings. The fourth-order valence-electron chi connectivity index (χ4n) is 4.53. The van der Waals surface area contributed by atoms with Crippen molar-refractivity contribution in [2.45, 2.75) is 44.8 Å². The molecule has 0 radical (unpaired) electrons. The lowest BCUT2D eigenvalue weighted by Gasteiger charge is -2.31. The smallest absolute Gasteiger partial charge is 0.251 e. The van der Waals surface area contributed by atoms with Crippen molar-refractivity contribution in [3.8, 4) is 0 Å². The summed E-state index contributed by atoms with van der Waals surface area (Å²) >= 11 is 0. The Morgan fingerprint density at radius 1 is 0.818 bits per heavy atom. The van der Waals surface area contributed by atoms with Crippen LogP contribution < -0.4 is 16.0 Å². The number of nitrogens with one attached hydrogen (secondary N) is 3. The van der Waals surface area contributed by atoms with Gasteiger partial charge in [0.15, 0.2) is 0 Å². The van der Waals surface area contributed by atoms with Crippen molar-refractivity contribution in [3.63, 3.8) is 0 Å². The molecule has 0 spiro atoms. The van der Waals surface area contributed by atoms with E-state index in [0.29, 0.717) is 5.56 Å². The van der Waals surface area contributed by atoms with Crippen molar-refractivity contribution in [3.05, 3.63) is 107 Å². The Kier molecular flexibility index (Phi) is 7.20. The quantitative estimate of drug-likeness (QED) is 0.510. The highest BCUT2D eigenvalue weighted by molar-refractivity contribution is 5.95. The van der Waals surface area contributed by atoms with E-state index in [1.807, 2.05) is 92.7 Å². The van der Waals surface area contributed by atoms with E-state index in [9.17, 15) is 9.59 Å². The Morgan fingerprint density at radius 3 is 1.88 bits per heavy atom. The molecule has 0 aliphatic carbocycles. The standard InChI is InChI=1S/C28H31N3O2/c1-19-16-20(2)18-23(17-19)27(32)30-25(21-10-5-3-6-11-21)26(22-12-7-4-8-13-22)31-28(33)24-14-9-15-29-24/h3-8,10-13,16-18,24-26,29H,9,14-15H2,1-2H3,(H,30,32)(H,31,33)/t24-,25+,26+/m0/s1. The number of aryl methyl sites for hydroxylation is 2. The van der Waals surface area contributed by atoms with Gasteiger partial charge in [0, 0.05) is 5.56 Å². The third kappa shape index (κ3) is 5.68. The molecule has 3 aromatic carbocycles. The first kappa shape index (κ1) is 22.7. The van der Waals surface area contributed by atoms with E-state index < -0.39 is 12.1 Å². The lowest BCUT2D eigenvalue weighted by atomic mass is 9.92. The van der Waals surface area contributed by atoms with E-state index in [1.54, 1.807) is 0 Å². The Labute approximate surface area is 195 Å². The molecule has 0 unspecified atom stereocenters. The molecule has 3 aromatic rings. The summed E-state index contributed by atoms with van der Waals surface area (Å²) in [5.74, 6) is -0.201. The first-order valence-electron chi connectivity index (χ1n) is 11.5. The zero-order valence-corrected chi connectivity index (χ0v) is 19.2.